The minimum absolute atomic E-state index is 0.0668. The van der Waals surface area contributed by atoms with E-state index in [2.05, 4.69) is 53.7 Å². The first-order valence-corrected chi connectivity index (χ1v) is 24.9. The highest BCUT2D eigenvalue weighted by molar-refractivity contribution is 6.35. The van der Waals surface area contributed by atoms with Gasteiger partial charge in [-0.25, -0.2) is 19.6 Å². The first kappa shape index (κ1) is 46.2. The van der Waals surface area contributed by atoms with Crippen LogP contribution in [0, 0.1) is 22.7 Å². The molecule has 15 nitrogen and oxygen atoms in total. The summed E-state index contributed by atoms with van der Waals surface area (Å²) in [6.07, 6.45) is 6.58. The standard InChI is InChI=1S/C52H64ClN7O8/c1-9-27(5)42(57-49(63)65-7)47(61)59-24-51(11-12-51)20-35(59)34-19-33(45(53)54-34)29-15-31-22-68-38-18-30(16-32-23-67-37(17-29)39(31)40(32)38)44-41(26(3)4)55-46(56-44)36-21-52(13-14-52)25-60(36)48(62)43(28(6)10-2)58-50(64)66-8/h15-18,26-28,35-36,42-43H,9-14,19-25H2,1-8H3,(H,55,56)(H,57,63)(H,58,64)/t27-,28-,35-,36-,42-,43-/m0/s1. The molecule has 1 aromatic heterocycles. The van der Waals surface area contributed by atoms with Gasteiger partial charge in [0.05, 0.1) is 32.0 Å². The lowest BCUT2D eigenvalue weighted by Gasteiger charge is -2.32. The lowest BCUT2D eigenvalue weighted by Crippen LogP contribution is -2.54. The van der Waals surface area contributed by atoms with Crippen LogP contribution in [0.15, 0.2) is 34.4 Å². The number of carbonyl (C=O) groups is 4. The number of nitrogens with zero attached hydrogens (tertiary/aromatic N) is 4. The van der Waals surface area contributed by atoms with Crippen molar-refractivity contribution in [3.8, 4) is 33.9 Å². The van der Waals surface area contributed by atoms with Gasteiger partial charge in [0, 0.05) is 64.3 Å². The Labute approximate surface area is 403 Å². The first-order valence-electron chi connectivity index (χ1n) is 24.6. The van der Waals surface area contributed by atoms with Crippen LogP contribution in [0.3, 0.4) is 0 Å². The first-order chi connectivity index (χ1) is 32.6. The number of aromatic nitrogens is 2. The van der Waals surface area contributed by atoms with E-state index in [-0.39, 0.29) is 52.5 Å². The lowest BCUT2D eigenvalue weighted by molar-refractivity contribution is -0.136. The van der Waals surface area contributed by atoms with Gasteiger partial charge in [0.1, 0.15) is 47.8 Å². The third kappa shape index (κ3) is 8.09. The SMILES string of the molecule is CC[C@H](C)[C@H](NC(=O)OC)C(=O)N1CC2(CC2)C[C@H]1C1=NC(Cl)=C(c2cc3c4c(c2)OCc2cc(-c5nc([C@@H]6CC7(CC7)CN6C(=O)[C@@H](NC(=O)OC)[C@@H](C)CC)[nH]c5C(C)C)cc(c2-4)OC3)C1. The number of benzene rings is 2. The minimum atomic E-state index is -0.711. The predicted octanol–water partition coefficient (Wildman–Crippen LogP) is 9.38. The summed E-state index contributed by atoms with van der Waals surface area (Å²) in [5.74, 6) is 1.99. The van der Waals surface area contributed by atoms with Crippen LogP contribution in [0.4, 0.5) is 9.59 Å². The van der Waals surface area contributed by atoms with Gasteiger partial charge in [-0.3, -0.25) is 9.59 Å². The average Bonchev–Trinajstić information content (AvgIpc) is 4.00. The molecule has 3 aromatic rings. The van der Waals surface area contributed by atoms with Gasteiger partial charge in [-0.1, -0.05) is 66.0 Å². The Morgan fingerprint density at radius 2 is 1.28 bits per heavy atom. The zero-order chi connectivity index (χ0) is 48.0. The normalized spacial score (nSPS) is 22.8. The third-order valence-corrected chi connectivity index (χ3v) is 16.6. The molecule has 4 amide bonds. The van der Waals surface area contributed by atoms with Crippen LogP contribution in [-0.2, 0) is 32.3 Å². The summed E-state index contributed by atoms with van der Waals surface area (Å²) in [6.45, 7) is 14.2. The molecule has 10 rings (SSSR count). The molecule has 362 valence electrons. The van der Waals surface area contributed by atoms with E-state index >= 15 is 0 Å². The van der Waals surface area contributed by atoms with Gasteiger partial charge in [0.15, 0.2) is 0 Å². The number of ether oxygens (including phenoxy) is 4. The maximum Gasteiger partial charge on any atom is 0.407 e. The van der Waals surface area contributed by atoms with Crippen LogP contribution in [0.25, 0.3) is 28.0 Å². The molecule has 2 spiro atoms. The lowest BCUT2D eigenvalue weighted by atomic mass is 9.86. The Morgan fingerprint density at radius 3 is 1.78 bits per heavy atom. The van der Waals surface area contributed by atoms with Crippen LogP contribution in [0.5, 0.6) is 11.5 Å². The molecule has 0 unspecified atom stereocenters. The Hall–Kier alpha value is -5.57. The summed E-state index contributed by atoms with van der Waals surface area (Å²) >= 11 is 7.04. The molecule has 4 fully saturated rings. The van der Waals surface area contributed by atoms with Crippen molar-refractivity contribution in [1.82, 2.24) is 30.4 Å². The van der Waals surface area contributed by atoms with Crippen LogP contribution >= 0.6 is 11.6 Å². The predicted molar refractivity (Wildman–Crippen MR) is 257 cm³/mol. The summed E-state index contributed by atoms with van der Waals surface area (Å²) in [6, 6.07) is 6.52. The molecule has 0 bridgehead atoms. The highest BCUT2D eigenvalue weighted by Gasteiger charge is 2.57. The monoisotopic (exact) mass is 949 g/mol. The molecule has 5 aliphatic heterocycles. The molecule has 2 aromatic carbocycles. The largest absolute Gasteiger partial charge is 0.488 e. The van der Waals surface area contributed by atoms with E-state index in [4.69, 9.17) is 40.5 Å². The number of aromatic amines is 1. The van der Waals surface area contributed by atoms with E-state index in [9.17, 15) is 19.2 Å². The molecule has 68 heavy (non-hydrogen) atoms. The number of hydrogen-bond donors (Lipinski definition) is 3. The van der Waals surface area contributed by atoms with Crippen molar-refractivity contribution in [2.75, 3.05) is 27.3 Å². The van der Waals surface area contributed by atoms with Gasteiger partial charge < -0.3 is 44.4 Å². The number of allylic oxidation sites excluding steroid dienone is 1. The summed E-state index contributed by atoms with van der Waals surface area (Å²) < 4.78 is 23.1. The fraction of sp³-hybridized carbons (Fsp3) is 0.577. The highest BCUT2D eigenvalue weighted by atomic mass is 35.5. The van der Waals surface area contributed by atoms with Crippen molar-refractivity contribution in [2.45, 2.75) is 143 Å². The zero-order valence-corrected chi connectivity index (χ0v) is 41.2. The van der Waals surface area contributed by atoms with E-state index in [1.165, 1.54) is 14.2 Å². The fourth-order valence-corrected chi connectivity index (χ4v) is 11.7. The number of amides is 4. The highest BCUT2D eigenvalue weighted by Crippen LogP contribution is 2.59. The van der Waals surface area contributed by atoms with Gasteiger partial charge in [0.2, 0.25) is 11.8 Å². The van der Waals surface area contributed by atoms with E-state index in [0.717, 1.165) is 125 Å². The summed E-state index contributed by atoms with van der Waals surface area (Å²) in [5.41, 5.74) is 9.52. The summed E-state index contributed by atoms with van der Waals surface area (Å²) in [7, 11) is 2.63. The molecule has 7 aliphatic rings. The Kier molecular flexibility index (Phi) is 11.8. The minimum Gasteiger partial charge on any atom is -0.488 e. The summed E-state index contributed by atoms with van der Waals surface area (Å²) in [5, 5.41) is 6.06. The number of alkyl carbamates (subject to hydrolysis) is 2. The zero-order valence-electron chi connectivity index (χ0n) is 40.5. The van der Waals surface area contributed by atoms with Crippen LogP contribution in [-0.4, -0.2) is 94.9 Å². The van der Waals surface area contributed by atoms with Crippen LogP contribution in [0.1, 0.15) is 139 Å². The van der Waals surface area contributed by atoms with Crippen molar-refractivity contribution in [3.63, 3.8) is 0 Å². The van der Waals surface area contributed by atoms with Crippen molar-refractivity contribution >= 4 is 46.9 Å². The molecule has 3 N–H and O–H groups in total. The van der Waals surface area contributed by atoms with E-state index < -0.39 is 24.3 Å². The van der Waals surface area contributed by atoms with Gasteiger partial charge in [-0.2, -0.15) is 0 Å². The number of rotatable bonds is 13. The number of methoxy groups -OCH3 is 2. The Morgan fingerprint density at radius 1 is 0.779 bits per heavy atom. The average molecular weight is 951 g/mol. The van der Waals surface area contributed by atoms with Crippen LogP contribution in [0.2, 0.25) is 0 Å². The third-order valence-electron chi connectivity index (χ3n) is 16.3. The molecule has 16 heteroatoms. The fourth-order valence-electron chi connectivity index (χ4n) is 11.4. The van der Waals surface area contributed by atoms with E-state index in [0.29, 0.717) is 37.9 Å². The van der Waals surface area contributed by atoms with Crippen molar-refractivity contribution in [3.05, 3.63) is 57.6 Å². The van der Waals surface area contributed by atoms with Gasteiger partial charge in [0.25, 0.3) is 0 Å². The number of halogens is 1. The number of nitrogens with one attached hydrogen (secondary N) is 3. The molecule has 2 saturated heterocycles. The Bertz CT molecular complexity index is 2600. The maximum atomic E-state index is 14.4. The molecule has 6 heterocycles. The smallest absolute Gasteiger partial charge is 0.407 e. The Balaban J connectivity index is 0.916. The number of H-pyrrole nitrogens is 1. The quantitative estimate of drug-likeness (QED) is 0.141. The van der Waals surface area contributed by atoms with E-state index in [1.54, 1.807) is 0 Å². The molecular formula is C52H64ClN7O8. The number of likely N-dealkylation sites (tertiary alicyclic amines) is 2. The number of imidazole rings is 1. The topological polar surface area (TPSA) is 177 Å². The van der Waals surface area contributed by atoms with Crippen molar-refractivity contribution in [1.29, 1.82) is 0 Å². The van der Waals surface area contributed by atoms with Gasteiger partial charge >= 0.3 is 12.2 Å². The van der Waals surface area contributed by atoms with Gasteiger partial charge in [-0.05, 0) is 96.9 Å². The molecule has 6 atom stereocenters. The van der Waals surface area contributed by atoms with Crippen molar-refractivity contribution < 1.29 is 38.1 Å². The van der Waals surface area contributed by atoms with Crippen LogP contribution < -0.4 is 20.1 Å². The molecular weight excluding hydrogens is 886 g/mol. The number of hydrogen-bond acceptors (Lipinski definition) is 10. The van der Waals surface area contributed by atoms with Gasteiger partial charge in [-0.15, -0.1) is 0 Å². The second kappa shape index (κ2) is 17.4. The number of carbonyl (C=O) groups excluding carboxylic acids is 4. The second-order valence-corrected chi connectivity index (χ2v) is 21.4. The molecule has 2 aliphatic carbocycles. The number of aliphatic imine (C=N–C) groups is 1. The second-order valence-electron chi connectivity index (χ2n) is 21.1. The molecule has 0 radical (unpaired) electrons. The summed E-state index contributed by atoms with van der Waals surface area (Å²) in [4.78, 5) is 71.3. The van der Waals surface area contributed by atoms with Crippen molar-refractivity contribution in [2.24, 2.45) is 27.7 Å². The maximum absolute atomic E-state index is 14.4. The molecule has 2 saturated carbocycles. The van der Waals surface area contributed by atoms with E-state index in [1.807, 2.05) is 37.5 Å².